The molecule has 0 aromatic heterocycles. The van der Waals surface area contributed by atoms with Gasteiger partial charge < -0.3 is 14.7 Å². The predicted molar refractivity (Wildman–Crippen MR) is 82.6 cm³/mol. The van der Waals surface area contributed by atoms with Crippen molar-refractivity contribution in [3.05, 3.63) is 35.4 Å². The summed E-state index contributed by atoms with van der Waals surface area (Å²) >= 11 is 0. The lowest BCUT2D eigenvalue weighted by molar-refractivity contribution is -0.142. The van der Waals surface area contributed by atoms with Crippen molar-refractivity contribution in [3.8, 4) is 0 Å². The van der Waals surface area contributed by atoms with Gasteiger partial charge in [0.2, 0.25) is 0 Å². The Morgan fingerprint density at radius 2 is 1.95 bits per heavy atom. The normalized spacial score (nSPS) is 21.4. The Morgan fingerprint density at radius 1 is 1.32 bits per heavy atom. The third kappa shape index (κ3) is 3.65. The quantitative estimate of drug-likeness (QED) is 0.908. The average Bonchev–Trinajstić information content (AvgIpc) is 2.86. The standard InChI is InChI=1S/C17H23NO4/c1-11(2)22-10-13-4-6-14(7-5-13)16(19)18-9-8-15(12(18)3)17(20)21/h4-7,11-12,15H,8-10H2,1-3H3,(H,20,21). The lowest BCUT2D eigenvalue weighted by Gasteiger charge is -2.23. The van der Waals surface area contributed by atoms with E-state index in [0.717, 1.165) is 5.56 Å². The number of benzene rings is 1. The number of hydrogen-bond acceptors (Lipinski definition) is 3. The molecule has 0 saturated carbocycles. The van der Waals surface area contributed by atoms with E-state index in [-0.39, 0.29) is 18.1 Å². The molecular weight excluding hydrogens is 282 g/mol. The fourth-order valence-electron chi connectivity index (χ4n) is 2.73. The number of nitrogens with zero attached hydrogens (tertiary/aromatic N) is 1. The Kier molecular flexibility index (Phi) is 5.19. The van der Waals surface area contributed by atoms with Gasteiger partial charge >= 0.3 is 5.97 Å². The topological polar surface area (TPSA) is 66.8 Å². The summed E-state index contributed by atoms with van der Waals surface area (Å²) in [6.45, 7) is 6.77. The van der Waals surface area contributed by atoms with Crippen molar-refractivity contribution in [2.75, 3.05) is 6.54 Å². The van der Waals surface area contributed by atoms with Crippen LogP contribution in [-0.4, -0.2) is 40.6 Å². The maximum absolute atomic E-state index is 12.5. The number of carboxylic acids is 1. The van der Waals surface area contributed by atoms with Crippen LogP contribution in [0.1, 0.15) is 43.1 Å². The van der Waals surface area contributed by atoms with Crippen LogP contribution in [0, 0.1) is 5.92 Å². The SMILES string of the molecule is CC(C)OCc1ccc(C(=O)N2CCC(C(=O)O)C2C)cc1. The lowest BCUT2D eigenvalue weighted by Crippen LogP contribution is -2.37. The van der Waals surface area contributed by atoms with Crippen molar-refractivity contribution in [2.24, 2.45) is 5.92 Å². The fraction of sp³-hybridized carbons (Fsp3) is 0.529. The highest BCUT2D eigenvalue weighted by atomic mass is 16.5. The van der Waals surface area contributed by atoms with Crippen molar-refractivity contribution in [1.29, 1.82) is 0 Å². The largest absolute Gasteiger partial charge is 0.481 e. The number of likely N-dealkylation sites (tertiary alicyclic amines) is 1. The van der Waals surface area contributed by atoms with Gasteiger partial charge in [0.05, 0.1) is 18.6 Å². The smallest absolute Gasteiger partial charge is 0.308 e. The van der Waals surface area contributed by atoms with Gasteiger partial charge in [-0.05, 0) is 44.9 Å². The van der Waals surface area contributed by atoms with E-state index in [2.05, 4.69) is 0 Å². The van der Waals surface area contributed by atoms with Crippen LogP contribution in [0.15, 0.2) is 24.3 Å². The number of ether oxygens (including phenoxy) is 1. The first-order chi connectivity index (χ1) is 10.4. The predicted octanol–water partition coefficient (Wildman–Crippen LogP) is 2.55. The van der Waals surface area contributed by atoms with E-state index in [1.807, 2.05) is 26.0 Å². The van der Waals surface area contributed by atoms with E-state index in [1.165, 1.54) is 0 Å². The Balaban J connectivity index is 2.02. The molecule has 1 aliphatic rings. The zero-order valence-corrected chi connectivity index (χ0v) is 13.3. The van der Waals surface area contributed by atoms with Crippen molar-refractivity contribution >= 4 is 11.9 Å². The van der Waals surface area contributed by atoms with E-state index in [4.69, 9.17) is 9.84 Å². The van der Waals surface area contributed by atoms with Gasteiger partial charge in [-0.25, -0.2) is 0 Å². The molecule has 2 unspecified atom stereocenters. The summed E-state index contributed by atoms with van der Waals surface area (Å²) in [4.78, 5) is 25.3. The molecule has 0 spiro atoms. The highest BCUT2D eigenvalue weighted by Gasteiger charge is 2.38. The Bertz CT molecular complexity index is 538. The zero-order chi connectivity index (χ0) is 16.3. The third-order valence-electron chi connectivity index (χ3n) is 4.12. The highest BCUT2D eigenvalue weighted by molar-refractivity contribution is 5.95. The van der Waals surface area contributed by atoms with Crippen molar-refractivity contribution in [2.45, 2.75) is 45.9 Å². The summed E-state index contributed by atoms with van der Waals surface area (Å²) in [5.41, 5.74) is 1.61. The van der Waals surface area contributed by atoms with E-state index < -0.39 is 11.9 Å². The second-order valence-electron chi connectivity index (χ2n) is 6.03. The van der Waals surface area contributed by atoms with Crippen molar-refractivity contribution < 1.29 is 19.4 Å². The Labute approximate surface area is 130 Å². The van der Waals surface area contributed by atoms with Gasteiger partial charge in [-0.2, -0.15) is 0 Å². The van der Waals surface area contributed by atoms with Gasteiger partial charge in [0.1, 0.15) is 0 Å². The molecule has 5 heteroatoms. The average molecular weight is 305 g/mol. The van der Waals surface area contributed by atoms with Crippen LogP contribution in [0.3, 0.4) is 0 Å². The molecular formula is C17H23NO4. The molecule has 0 bridgehead atoms. The van der Waals surface area contributed by atoms with E-state index in [1.54, 1.807) is 24.0 Å². The molecule has 1 saturated heterocycles. The van der Waals surface area contributed by atoms with Gasteiger partial charge in [-0.3, -0.25) is 9.59 Å². The number of rotatable bonds is 5. The van der Waals surface area contributed by atoms with Crippen molar-refractivity contribution in [3.63, 3.8) is 0 Å². The van der Waals surface area contributed by atoms with Crippen LogP contribution in [0.5, 0.6) is 0 Å². The second-order valence-corrected chi connectivity index (χ2v) is 6.03. The van der Waals surface area contributed by atoms with Gasteiger partial charge in [-0.15, -0.1) is 0 Å². The number of amides is 1. The van der Waals surface area contributed by atoms with Crippen LogP contribution < -0.4 is 0 Å². The number of carbonyl (C=O) groups is 2. The number of aliphatic carboxylic acids is 1. The minimum Gasteiger partial charge on any atom is -0.481 e. The second kappa shape index (κ2) is 6.92. The number of carbonyl (C=O) groups excluding carboxylic acids is 1. The molecule has 1 N–H and O–H groups in total. The Hall–Kier alpha value is -1.88. The number of carboxylic acid groups (broad SMARTS) is 1. The summed E-state index contributed by atoms with van der Waals surface area (Å²) in [6, 6.07) is 7.05. The molecule has 1 aromatic carbocycles. The minimum absolute atomic E-state index is 0.104. The molecule has 2 atom stereocenters. The molecule has 5 nitrogen and oxygen atoms in total. The minimum atomic E-state index is -0.830. The molecule has 1 heterocycles. The molecule has 2 rings (SSSR count). The maximum Gasteiger partial charge on any atom is 0.308 e. The Morgan fingerprint density at radius 3 is 2.45 bits per heavy atom. The van der Waals surface area contributed by atoms with Crippen LogP contribution >= 0.6 is 0 Å². The zero-order valence-electron chi connectivity index (χ0n) is 13.3. The molecule has 1 aromatic rings. The van der Waals surface area contributed by atoms with Crippen LogP contribution in [-0.2, 0) is 16.1 Å². The van der Waals surface area contributed by atoms with Gasteiger partial charge in [0.25, 0.3) is 5.91 Å². The van der Waals surface area contributed by atoms with Crippen LogP contribution in [0.4, 0.5) is 0 Å². The van der Waals surface area contributed by atoms with Gasteiger partial charge in [0.15, 0.2) is 0 Å². The highest BCUT2D eigenvalue weighted by Crippen LogP contribution is 2.26. The monoisotopic (exact) mass is 305 g/mol. The van der Waals surface area contributed by atoms with Gasteiger partial charge in [0, 0.05) is 18.2 Å². The fourth-order valence-corrected chi connectivity index (χ4v) is 2.73. The molecule has 120 valence electrons. The molecule has 0 radical (unpaired) electrons. The third-order valence-corrected chi connectivity index (χ3v) is 4.12. The molecule has 1 amide bonds. The molecule has 1 fully saturated rings. The van der Waals surface area contributed by atoms with Gasteiger partial charge in [-0.1, -0.05) is 12.1 Å². The lowest BCUT2D eigenvalue weighted by atomic mass is 10.0. The molecule has 22 heavy (non-hydrogen) atoms. The summed E-state index contributed by atoms with van der Waals surface area (Å²) in [5.74, 6) is -1.40. The van der Waals surface area contributed by atoms with E-state index in [0.29, 0.717) is 25.1 Å². The summed E-state index contributed by atoms with van der Waals surface area (Å²) in [5, 5.41) is 9.14. The van der Waals surface area contributed by atoms with E-state index >= 15 is 0 Å². The first-order valence-corrected chi connectivity index (χ1v) is 7.64. The van der Waals surface area contributed by atoms with Crippen molar-refractivity contribution in [1.82, 2.24) is 4.90 Å². The summed E-state index contributed by atoms with van der Waals surface area (Å²) in [7, 11) is 0. The maximum atomic E-state index is 12.5. The number of hydrogen-bond donors (Lipinski definition) is 1. The summed E-state index contributed by atoms with van der Waals surface area (Å²) in [6.07, 6.45) is 0.683. The van der Waals surface area contributed by atoms with E-state index in [9.17, 15) is 9.59 Å². The van der Waals surface area contributed by atoms with Crippen LogP contribution in [0.2, 0.25) is 0 Å². The first kappa shape index (κ1) is 16.5. The molecule has 0 aliphatic carbocycles. The summed E-state index contributed by atoms with van der Waals surface area (Å²) < 4.78 is 5.52. The molecule has 1 aliphatic heterocycles. The van der Waals surface area contributed by atoms with Crippen LogP contribution in [0.25, 0.3) is 0 Å². The first-order valence-electron chi connectivity index (χ1n) is 7.64.